The third-order valence-electron chi connectivity index (χ3n) is 5.12. The van der Waals surface area contributed by atoms with E-state index in [-0.39, 0.29) is 26.4 Å². The molecule has 0 saturated heterocycles. The molecule has 36 heavy (non-hydrogen) atoms. The molecule has 0 aliphatic carbocycles. The highest BCUT2D eigenvalue weighted by atomic mass is 31.2. The first-order chi connectivity index (χ1) is 17.4. The van der Waals surface area contributed by atoms with Crippen molar-refractivity contribution in [3.05, 3.63) is 36.5 Å². The molecule has 0 spiro atoms. The highest BCUT2D eigenvalue weighted by Crippen LogP contribution is 2.43. The fourth-order valence-electron chi connectivity index (χ4n) is 3.30. The number of rotatable bonds is 25. The number of nitrogens with two attached hydrogens (primary N) is 1. The summed E-state index contributed by atoms with van der Waals surface area (Å²) in [6, 6.07) is 0. The topological polar surface area (TPSA) is 117 Å². The SMILES string of the molecule is CC/C=C\C/C=C\C/C=C\CCCCCCCCCCOCC(COP(=O)(O)OCCN)OC(C)=O. The number of carbonyl (C=O) groups excluding carboxylic acids is 1. The van der Waals surface area contributed by atoms with E-state index in [9.17, 15) is 14.3 Å². The Kier molecular flexibility index (Phi) is 24.5. The van der Waals surface area contributed by atoms with Gasteiger partial charge in [-0.25, -0.2) is 4.57 Å². The molecular weight excluding hydrogens is 481 g/mol. The maximum atomic E-state index is 11.7. The molecule has 9 heteroatoms. The number of carbonyl (C=O) groups is 1. The summed E-state index contributed by atoms with van der Waals surface area (Å²) in [7, 11) is -4.22. The lowest BCUT2D eigenvalue weighted by Gasteiger charge is -2.19. The third-order valence-corrected chi connectivity index (χ3v) is 6.11. The normalized spacial score (nSPS) is 14.7. The molecule has 2 unspecified atom stereocenters. The number of hydrogen-bond acceptors (Lipinski definition) is 7. The van der Waals surface area contributed by atoms with Crippen LogP contribution in [0.1, 0.15) is 90.9 Å². The van der Waals surface area contributed by atoms with Gasteiger partial charge in [-0.15, -0.1) is 0 Å². The summed E-state index contributed by atoms with van der Waals surface area (Å²) in [5, 5.41) is 0. The van der Waals surface area contributed by atoms with Crippen LogP contribution >= 0.6 is 7.82 Å². The van der Waals surface area contributed by atoms with Crippen molar-refractivity contribution in [2.75, 3.05) is 33.0 Å². The van der Waals surface area contributed by atoms with Gasteiger partial charge in [0.1, 0.15) is 6.10 Å². The number of phosphoric ester groups is 1. The van der Waals surface area contributed by atoms with Crippen LogP contribution in [0, 0.1) is 0 Å². The summed E-state index contributed by atoms with van der Waals surface area (Å²) in [6.07, 6.45) is 26.4. The van der Waals surface area contributed by atoms with Crippen LogP contribution in [-0.2, 0) is 27.9 Å². The molecule has 0 heterocycles. The van der Waals surface area contributed by atoms with Crippen LogP contribution in [0.25, 0.3) is 0 Å². The van der Waals surface area contributed by atoms with E-state index in [4.69, 9.17) is 19.7 Å². The Morgan fingerprint density at radius 1 is 0.833 bits per heavy atom. The minimum absolute atomic E-state index is 0.0947. The Labute approximate surface area is 218 Å². The average Bonchev–Trinajstić information content (AvgIpc) is 2.84. The molecule has 0 rings (SSSR count). The van der Waals surface area contributed by atoms with Crippen LogP contribution in [-0.4, -0.2) is 49.9 Å². The number of hydrogen-bond donors (Lipinski definition) is 2. The zero-order valence-electron chi connectivity index (χ0n) is 22.5. The Morgan fingerprint density at radius 2 is 1.42 bits per heavy atom. The van der Waals surface area contributed by atoms with Crippen molar-refractivity contribution in [1.82, 2.24) is 0 Å². The van der Waals surface area contributed by atoms with Crippen molar-refractivity contribution < 1.29 is 32.8 Å². The summed E-state index contributed by atoms with van der Waals surface area (Å²) in [4.78, 5) is 20.8. The van der Waals surface area contributed by atoms with Gasteiger partial charge in [0.25, 0.3) is 0 Å². The zero-order chi connectivity index (χ0) is 26.7. The first-order valence-corrected chi connectivity index (χ1v) is 14.9. The predicted octanol–water partition coefficient (Wildman–Crippen LogP) is 6.40. The summed E-state index contributed by atoms with van der Waals surface area (Å²) >= 11 is 0. The maximum Gasteiger partial charge on any atom is 0.472 e. The Morgan fingerprint density at radius 3 is 2.03 bits per heavy atom. The summed E-state index contributed by atoms with van der Waals surface area (Å²) in [6.45, 7) is 3.75. The van der Waals surface area contributed by atoms with Crippen molar-refractivity contribution >= 4 is 13.8 Å². The molecule has 0 radical (unpaired) electrons. The van der Waals surface area contributed by atoms with E-state index < -0.39 is 19.9 Å². The van der Waals surface area contributed by atoms with Crippen LogP contribution in [0.2, 0.25) is 0 Å². The lowest BCUT2D eigenvalue weighted by molar-refractivity contribution is -0.151. The molecule has 2 atom stereocenters. The lowest BCUT2D eigenvalue weighted by Crippen LogP contribution is -2.27. The lowest BCUT2D eigenvalue weighted by atomic mass is 10.1. The first-order valence-electron chi connectivity index (χ1n) is 13.4. The average molecular weight is 532 g/mol. The molecule has 210 valence electrons. The Bertz CT molecular complexity index is 652. The van der Waals surface area contributed by atoms with Gasteiger partial charge < -0.3 is 20.1 Å². The number of esters is 1. The summed E-state index contributed by atoms with van der Waals surface area (Å²) in [5.74, 6) is -0.512. The largest absolute Gasteiger partial charge is 0.472 e. The van der Waals surface area contributed by atoms with Gasteiger partial charge >= 0.3 is 13.8 Å². The molecule has 0 aromatic heterocycles. The van der Waals surface area contributed by atoms with E-state index in [0.29, 0.717) is 6.61 Å². The van der Waals surface area contributed by atoms with Crippen LogP contribution in [0.15, 0.2) is 36.5 Å². The smallest absolute Gasteiger partial charge is 0.458 e. The zero-order valence-corrected chi connectivity index (χ0v) is 23.4. The van der Waals surface area contributed by atoms with Gasteiger partial charge in [-0.1, -0.05) is 81.9 Å². The number of unbranched alkanes of at least 4 members (excludes halogenated alkanes) is 8. The molecule has 0 aromatic rings. The van der Waals surface area contributed by atoms with E-state index in [0.717, 1.165) is 38.5 Å². The van der Waals surface area contributed by atoms with Crippen LogP contribution in [0.4, 0.5) is 0 Å². The van der Waals surface area contributed by atoms with Gasteiger partial charge in [-0.3, -0.25) is 13.8 Å². The third kappa shape index (κ3) is 25.8. The van der Waals surface area contributed by atoms with Crippen LogP contribution in [0.5, 0.6) is 0 Å². The molecule has 0 amide bonds. The van der Waals surface area contributed by atoms with E-state index in [1.165, 1.54) is 45.4 Å². The molecule has 0 aliphatic rings. The molecule has 0 aromatic carbocycles. The molecule has 3 N–H and O–H groups in total. The van der Waals surface area contributed by atoms with Gasteiger partial charge in [-0.05, 0) is 38.5 Å². The Balaban J connectivity index is 3.65. The molecule has 0 bridgehead atoms. The second-order valence-electron chi connectivity index (χ2n) is 8.60. The Hall–Kier alpha value is -1.28. The summed E-state index contributed by atoms with van der Waals surface area (Å²) in [5.41, 5.74) is 5.24. The fraction of sp³-hybridized carbons (Fsp3) is 0.741. The molecular formula is C27H50NO7P. The molecule has 0 saturated carbocycles. The first kappa shape index (κ1) is 34.7. The highest BCUT2D eigenvalue weighted by molar-refractivity contribution is 7.47. The van der Waals surface area contributed by atoms with Gasteiger partial charge in [0, 0.05) is 20.1 Å². The molecule has 0 aliphatic heterocycles. The fourth-order valence-corrected chi connectivity index (χ4v) is 4.07. The highest BCUT2D eigenvalue weighted by Gasteiger charge is 2.24. The maximum absolute atomic E-state index is 11.7. The standard InChI is InChI=1S/C27H50NO7P/c1-3-4-5-6-7-8-9-10-11-12-13-14-15-16-17-18-19-20-22-32-24-27(35-26(2)29)25-34-36(30,31)33-23-21-28/h4-5,7-8,10-11,27H,3,6,9,12-25,28H2,1-2H3,(H,30,31)/b5-4-,8-7-,11-10-. The van der Waals surface area contributed by atoms with Gasteiger partial charge in [0.15, 0.2) is 0 Å². The number of phosphoric acid groups is 1. The summed E-state index contributed by atoms with van der Waals surface area (Å²) < 4.78 is 31.9. The van der Waals surface area contributed by atoms with E-state index in [1.807, 2.05) is 0 Å². The number of ether oxygens (including phenoxy) is 2. The quantitative estimate of drug-likeness (QED) is 0.0602. The predicted molar refractivity (Wildman–Crippen MR) is 146 cm³/mol. The van der Waals surface area contributed by atoms with Gasteiger partial charge in [0.2, 0.25) is 0 Å². The van der Waals surface area contributed by atoms with Crippen molar-refractivity contribution in [3.63, 3.8) is 0 Å². The van der Waals surface area contributed by atoms with Gasteiger partial charge in [-0.2, -0.15) is 0 Å². The monoisotopic (exact) mass is 531 g/mol. The van der Waals surface area contributed by atoms with Crippen LogP contribution < -0.4 is 5.73 Å². The van der Waals surface area contributed by atoms with Crippen molar-refractivity contribution in [1.29, 1.82) is 0 Å². The molecule has 0 fully saturated rings. The van der Waals surface area contributed by atoms with E-state index in [2.05, 4.69) is 47.9 Å². The minimum atomic E-state index is -4.22. The van der Waals surface area contributed by atoms with E-state index in [1.54, 1.807) is 0 Å². The van der Waals surface area contributed by atoms with Crippen molar-refractivity contribution in [3.8, 4) is 0 Å². The van der Waals surface area contributed by atoms with E-state index >= 15 is 0 Å². The van der Waals surface area contributed by atoms with Gasteiger partial charge in [0.05, 0.1) is 19.8 Å². The number of allylic oxidation sites excluding steroid dienone is 6. The van der Waals surface area contributed by atoms with Crippen molar-refractivity contribution in [2.45, 2.75) is 97.0 Å². The van der Waals surface area contributed by atoms with Crippen molar-refractivity contribution in [2.24, 2.45) is 5.73 Å². The second kappa shape index (κ2) is 25.4. The molecule has 8 nitrogen and oxygen atoms in total. The second-order valence-corrected chi connectivity index (χ2v) is 10.1. The minimum Gasteiger partial charge on any atom is -0.458 e. The van der Waals surface area contributed by atoms with Crippen LogP contribution in [0.3, 0.4) is 0 Å².